The maximum atomic E-state index is 2.60. The van der Waals surface area contributed by atoms with E-state index in [9.17, 15) is 0 Å². The molecule has 57 heavy (non-hydrogen) atoms. The third-order valence-electron chi connectivity index (χ3n) is 12.8. The Labute approximate surface area is 330 Å². The molecule has 0 saturated heterocycles. The van der Waals surface area contributed by atoms with E-state index in [0.29, 0.717) is 0 Å². The van der Waals surface area contributed by atoms with E-state index in [4.69, 9.17) is 0 Å². The molecule has 3 heteroatoms. The molecule has 5 heterocycles. The first-order valence-electron chi connectivity index (χ1n) is 19.7. The molecule has 5 aromatic heterocycles. The summed E-state index contributed by atoms with van der Waals surface area (Å²) in [6, 6.07) is 67.9. The van der Waals surface area contributed by atoms with Crippen molar-refractivity contribution in [2.75, 3.05) is 0 Å². The Morgan fingerprint density at radius 3 is 1.65 bits per heavy atom. The summed E-state index contributed by atoms with van der Waals surface area (Å²) in [5.41, 5.74) is 15.1. The van der Waals surface area contributed by atoms with Crippen LogP contribution < -0.4 is 0 Å². The lowest BCUT2D eigenvalue weighted by atomic mass is 9.87. The van der Waals surface area contributed by atoms with Crippen molar-refractivity contribution >= 4 is 108 Å². The highest BCUT2D eigenvalue weighted by Crippen LogP contribution is 2.50. The van der Waals surface area contributed by atoms with E-state index in [0.717, 1.165) is 0 Å². The Hall–Kier alpha value is -7.20. The molecule has 0 aliphatic rings. The highest BCUT2D eigenvalue weighted by atomic mass is 32.1. The summed E-state index contributed by atoms with van der Waals surface area (Å²) < 4.78 is 7.81. The van der Waals surface area contributed by atoms with Crippen molar-refractivity contribution in [3.8, 4) is 33.4 Å². The third kappa shape index (κ3) is 3.80. The predicted octanol–water partition coefficient (Wildman–Crippen LogP) is 15.4. The summed E-state index contributed by atoms with van der Waals surface area (Å²) in [5.74, 6) is 0. The lowest BCUT2D eigenvalue weighted by Crippen LogP contribution is -1.91. The molecule has 14 rings (SSSR count). The zero-order valence-electron chi connectivity index (χ0n) is 30.6. The molecular weight excluding hydrogens is 709 g/mol. The molecule has 0 atom stereocenters. The van der Waals surface area contributed by atoms with E-state index in [1.165, 1.54) is 130 Å². The number of para-hydroxylation sites is 2. The normalized spacial score (nSPS) is 12.6. The smallest absolute Gasteiger partial charge is 0.0635 e. The average molecular weight is 739 g/mol. The number of hydrogen-bond donors (Lipinski definition) is 0. The standard InChI is InChI=1S/C54H30N2S/c1-3-13-31(14-4-1)34-19-11-20-35(32-15-5-2-6-16-32)50(34)33-25-26-40-46(27-33)56-48-29-41-39-22-12-21-38-36-17-7-9-23-45(36)55(52(38)39)47(41)30-42(48)43-28-44-37-18-8-10-24-49(37)57-54(44)51(40)53(43)56/h1-30H. The van der Waals surface area contributed by atoms with Crippen LogP contribution in [-0.2, 0) is 0 Å². The van der Waals surface area contributed by atoms with Gasteiger partial charge in [-0.2, -0.15) is 0 Å². The van der Waals surface area contributed by atoms with Gasteiger partial charge in [-0.1, -0.05) is 146 Å². The van der Waals surface area contributed by atoms with Gasteiger partial charge >= 0.3 is 0 Å². The van der Waals surface area contributed by atoms with Gasteiger partial charge in [-0.15, -0.1) is 11.3 Å². The van der Waals surface area contributed by atoms with Crippen LogP contribution in [0.1, 0.15) is 0 Å². The van der Waals surface area contributed by atoms with Crippen molar-refractivity contribution in [2.45, 2.75) is 0 Å². The SMILES string of the molecule is c1ccc(-c2cccc(-c3ccccc3)c2-c2ccc3c4c5sc6ccccc6c5cc5c6cc7c(cc6n(c3c2)c54)c2cccc3c4ccccc4n7c32)cc1. The van der Waals surface area contributed by atoms with Gasteiger partial charge in [-0.3, -0.25) is 0 Å². The second-order valence-electron chi connectivity index (χ2n) is 15.6. The first-order chi connectivity index (χ1) is 28.3. The summed E-state index contributed by atoms with van der Waals surface area (Å²) in [5, 5.41) is 13.2. The predicted molar refractivity (Wildman–Crippen MR) is 245 cm³/mol. The summed E-state index contributed by atoms with van der Waals surface area (Å²) in [6.07, 6.45) is 0. The van der Waals surface area contributed by atoms with Crippen molar-refractivity contribution in [3.05, 3.63) is 182 Å². The first-order valence-corrected chi connectivity index (χ1v) is 20.5. The summed E-state index contributed by atoms with van der Waals surface area (Å²) >= 11 is 1.93. The van der Waals surface area contributed by atoms with Crippen LogP contribution in [0.25, 0.3) is 130 Å². The van der Waals surface area contributed by atoms with Crippen LogP contribution in [-0.4, -0.2) is 8.80 Å². The van der Waals surface area contributed by atoms with E-state index in [-0.39, 0.29) is 0 Å². The van der Waals surface area contributed by atoms with Crippen LogP contribution in [0.3, 0.4) is 0 Å². The van der Waals surface area contributed by atoms with E-state index >= 15 is 0 Å². The van der Waals surface area contributed by atoms with Gasteiger partial charge in [0.15, 0.2) is 0 Å². The van der Waals surface area contributed by atoms with Crippen molar-refractivity contribution in [2.24, 2.45) is 0 Å². The number of thiophene rings is 1. The molecule has 0 unspecified atom stereocenters. The fraction of sp³-hybridized carbons (Fsp3) is 0. The maximum Gasteiger partial charge on any atom is 0.0635 e. The molecule has 14 aromatic rings. The van der Waals surface area contributed by atoms with Gasteiger partial charge < -0.3 is 8.80 Å². The average Bonchev–Trinajstić information content (AvgIpc) is 4.07. The number of aromatic nitrogens is 2. The molecule has 0 bridgehead atoms. The van der Waals surface area contributed by atoms with E-state index in [2.05, 4.69) is 191 Å². The first kappa shape index (κ1) is 30.1. The largest absolute Gasteiger partial charge is 0.308 e. The quantitative estimate of drug-likeness (QED) is 0.171. The Morgan fingerprint density at radius 1 is 0.316 bits per heavy atom. The molecule has 0 aliphatic carbocycles. The molecule has 0 amide bonds. The fourth-order valence-electron chi connectivity index (χ4n) is 10.4. The van der Waals surface area contributed by atoms with E-state index in [1.807, 2.05) is 11.3 Å². The molecule has 262 valence electrons. The van der Waals surface area contributed by atoms with Crippen LogP contribution >= 0.6 is 11.3 Å². The van der Waals surface area contributed by atoms with Crippen LogP contribution in [0, 0.1) is 0 Å². The molecule has 0 spiro atoms. The Balaban J connectivity index is 1.17. The van der Waals surface area contributed by atoms with Crippen molar-refractivity contribution in [1.82, 2.24) is 8.80 Å². The second kappa shape index (κ2) is 10.8. The number of benzene rings is 9. The van der Waals surface area contributed by atoms with Gasteiger partial charge in [0.1, 0.15) is 0 Å². The van der Waals surface area contributed by atoms with E-state index < -0.39 is 0 Å². The minimum absolute atomic E-state index is 1.22. The zero-order valence-corrected chi connectivity index (χ0v) is 31.4. The molecule has 0 fully saturated rings. The van der Waals surface area contributed by atoms with Crippen molar-refractivity contribution in [1.29, 1.82) is 0 Å². The Morgan fingerprint density at radius 2 is 0.895 bits per heavy atom. The van der Waals surface area contributed by atoms with Gasteiger partial charge in [0.25, 0.3) is 0 Å². The topological polar surface area (TPSA) is 8.82 Å². The summed E-state index contributed by atoms with van der Waals surface area (Å²) in [4.78, 5) is 0. The van der Waals surface area contributed by atoms with Gasteiger partial charge in [0, 0.05) is 63.3 Å². The maximum absolute atomic E-state index is 2.60. The minimum Gasteiger partial charge on any atom is -0.308 e. The fourth-order valence-corrected chi connectivity index (χ4v) is 11.7. The van der Waals surface area contributed by atoms with E-state index in [1.54, 1.807) is 0 Å². The number of hydrogen-bond acceptors (Lipinski definition) is 1. The summed E-state index contributed by atoms with van der Waals surface area (Å²) in [7, 11) is 0. The van der Waals surface area contributed by atoms with Crippen molar-refractivity contribution < 1.29 is 0 Å². The van der Waals surface area contributed by atoms with Crippen LogP contribution in [0.2, 0.25) is 0 Å². The van der Waals surface area contributed by atoms with Gasteiger partial charge in [-0.05, 0) is 69.8 Å². The number of nitrogens with zero attached hydrogens (tertiary/aromatic N) is 2. The monoisotopic (exact) mass is 738 g/mol. The highest BCUT2D eigenvalue weighted by molar-refractivity contribution is 7.26. The molecule has 0 radical (unpaired) electrons. The number of fused-ring (bicyclic) bond motifs is 16. The summed E-state index contributed by atoms with van der Waals surface area (Å²) in [6.45, 7) is 0. The molecule has 0 N–H and O–H groups in total. The van der Waals surface area contributed by atoms with Crippen molar-refractivity contribution in [3.63, 3.8) is 0 Å². The van der Waals surface area contributed by atoms with Crippen LogP contribution in [0.5, 0.6) is 0 Å². The molecule has 0 saturated carbocycles. The minimum atomic E-state index is 1.22. The molecule has 0 aliphatic heterocycles. The lowest BCUT2D eigenvalue weighted by Gasteiger charge is -2.16. The van der Waals surface area contributed by atoms with Crippen LogP contribution in [0.15, 0.2) is 182 Å². The van der Waals surface area contributed by atoms with Gasteiger partial charge in [-0.25, -0.2) is 0 Å². The Bertz CT molecular complexity index is 3900. The number of rotatable bonds is 3. The van der Waals surface area contributed by atoms with Gasteiger partial charge in [0.2, 0.25) is 0 Å². The Kier molecular flexibility index (Phi) is 5.68. The van der Waals surface area contributed by atoms with Crippen LogP contribution in [0.4, 0.5) is 0 Å². The lowest BCUT2D eigenvalue weighted by molar-refractivity contribution is 1.36. The third-order valence-corrected chi connectivity index (χ3v) is 14.0. The molecular formula is C54H30N2S. The second-order valence-corrected chi connectivity index (χ2v) is 16.6. The van der Waals surface area contributed by atoms with Gasteiger partial charge in [0.05, 0.1) is 33.1 Å². The molecule has 2 nitrogen and oxygen atoms in total. The zero-order chi connectivity index (χ0) is 36.9. The molecule has 9 aromatic carbocycles. The highest BCUT2D eigenvalue weighted by Gasteiger charge is 2.25.